The van der Waals surface area contributed by atoms with Crippen LogP contribution < -0.4 is 5.11 Å². The highest BCUT2D eigenvalue weighted by atomic mass is 32.2. The molecule has 1 amide bonds. The smallest absolute Gasteiger partial charge is 0.266 e. The third-order valence-electron chi connectivity index (χ3n) is 2.91. The number of carboxylic acids is 1. The van der Waals surface area contributed by atoms with Crippen molar-refractivity contribution in [2.24, 2.45) is 0 Å². The molecule has 0 N–H and O–H groups in total. The maximum absolute atomic E-state index is 13.6. The molecule has 0 spiro atoms. The van der Waals surface area contributed by atoms with Gasteiger partial charge >= 0.3 is 0 Å². The molecule has 116 valence electrons. The van der Waals surface area contributed by atoms with E-state index in [1.807, 2.05) is 0 Å². The van der Waals surface area contributed by atoms with Crippen molar-refractivity contribution >= 4 is 46.3 Å². The average molecular weight is 342 g/mol. The zero-order valence-electron chi connectivity index (χ0n) is 11.2. The van der Waals surface area contributed by atoms with E-state index in [9.17, 15) is 23.5 Å². The van der Waals surface area contributed by atoms with Crippen molar-refractivity contribution in [1.82, 2.24) is 4.90 Å². The van der Waals surface area contributed by atoms with Gasteiger partial charge in [0.05, 0.1) is 4.91 Å². The highest BCUT2D eigenvalue weighted by Crippen LogP contribution is 2.33. The Bertz CT molecular complexity index is 656. The zero-order valence-corrected chi connectivity index (χ0v) is 12.8. The standard InChI is InChI=1S/C14H11F2NO3S2/c15-9-3-1-4-10(16)8(9)7-11-13(20)17(14(21)22-11)6-2-5-12(18)19/h1,3-4,7H,2,5-6H2,(H,18,19)/p-1/b11-7+. The first-order chi connectivity index (χ1) is 10.4. The van der Waals surface area contributed by atoms with E-state index >= 15 is 0 Å². The summed E-state index contributed by atoms with van der Waals surface area (Å²) in [5.41, 5.74) is -0.308. The number of carboxylic acid groups (broad SMARTS) is 1. The monoisotopic (exact) mass is 342 g/mol. The number of halogens is 2. The van der Waals surface area contributed by atoms with Crippen molar-refractivity contribution in [3.8, 4) is 0 Å². The Labute approximate surface area is 134 Å². The van der Waals surface area contributed by atoms with Crippen LogP contribution in [0.4, 0.5) is 8.78 Å². The molecule has 0 aromatic heterocycles. The number of carbonyl (C=O) groups is 2. The van der Waals surface area contributed by atoms with E-state index < -0.39 is 23.5 Å². The number of amides is 1. The second kappa shape index (κ2) is 6.97. The Balaban J connectivity index is 2.17. The van der Waals surface area contributed by atoms with Crippen molar-refractivity contribution < 1.29 is 23.5 Å². The van der Waals surface area contributed by atoms with Gasteiger partial charge in [-0.05, 0) is 31.1 Å². The maximum atomic E-state index is 13.6. The van der Waals surface area contributed by atoms with Crippen LogP contribution in [0.5, 0.6) is 0 Å². The molecule has 1 aromatic carbocycles. The number of nitrogens with zero attached hydrogens (tertiary/aromatic N) is 1. The van der Waals surface area contributed by atoms with Gasteiger partial charge in [-0.3, -0.25) is 9.69 Å². The third-order valence-corrected chi connectivity index (χ3v) is 4.29. The predicted molar refractivity (Wildman–Crippen MR) is 80.5 cm³/mol. The first-order valence-corrected chi connectivity index (χ1v) is 7.52. The molecule has 8 heteroatoms. The lowest BCUT2D eigenvalue weighted by molar-refractivity contribution is -0.305. The molecule has 0 bridgehead atoms. The van der Waals surface area contributed by atoms with E-state index in [1.165, 1.54) is 11.0 Å². The topological polar surface area (TPSA) is 60.4 Å². The second-order valence-electron chi connectivity index (χ2n) is 4.44. The van der Waals surface area contributed by atoms with Crippen LogP contribution in [0.2, 0.25) is 0 Å². The molecule has 22 heavy (non-hydrogen) atoms. The third kappa shape index (κ3) is 3.69. The van der Waals surface area contributed by atoms with E-state index in [0.29, 0.717) is 0 Å². The molecule has 0 saturated carbocycles. The number of hydrogen-bond acceptors (Lipinski definition) is 5. The van der Waals surface area contributed by atoms with Crippen molar-refractivity contribution in [2.75, 3.05) is 6.54 Å². The Hall–Kier alpha value is -1.80. The summed E-state index contributed by atoms with van der Waals surface area (Å²) in [4.78, 5) is 23.8. The van der Waals surface area contributed by atoms with Crippen LogP contribution in [0.25, 0.3) is 6.08 Å². The molecule has 1 heterocycles. The van der Waals surface area contributed by atoms with Crippen LogP contribution in [0.1, 0.15) is 18.4 Å². The van der Waals surface area contributed by atoms with Gasteiger partial charge in [-0.1, -0.05) is 30.0 Å². The molecule has 0 unspecified atom stereocenters. The van der Waals surface area contributed by atoms with Crippen molar-refractivity contribution in [3.05, 3.63) is 40.3 Å². The first-order valence-electron chi connectivity index (χ1n) is 6.29. The first kappa shape index (κ1) is 16.6. The molecule has 1 aromatic rings. The Morgan fingerprint density at radius 2 is 2.00 bits per heavy atom. The minimum absolute atomic E-state index is 0.0995. The number of aliphatic carboxylic acids is 1. The molecule has 0 aliphatic carbocycles. The molecule has 1 saturated heterocycles. The van der Waals surface area contributed by atoms with E-state index in [-0.39, 0.29) is 34.2 Å². The quantitative estimate of drug-likeness (QED) is 0.602. The fourth-order valence-corrected chi connectivity index (χ4v) is 3.14. The molecule has 1 aliphatic heterocycles. The number of thiocarbonyl (C=S) groups is 1. The molecular weight excluding hydrogens is 332 g/mol. The fraction of sp³-hybridized carbons (Fsp3) is 0.214. The van der Waals surface area contributed by atoms with Gasteiger partial charge in [0.15, 0.2) is 0 Å². The molecule has 1 fully saturated rings. The Morgan fingerprint density at radius 3 is 2.59 bits per heavy atom. The molecule has 1 aliphatic rings. The minimum atomic E-state index is -1.21. The van der Waals surface area contributed by atoms with Crippen LogP contribution in [0, 0.1) is 11.6 Å². The van der Waals surface area contributed by atoms with Crippen LogP contribution in [0.15, 0.2) is 23.1 Å². The number of hydrogen-bond donors (Lipinski definition) is 0. The van der Waals surface area contributed by atoms with Crippen LogP contribution >= 0.6 is 24.0 Å². The summed E-state index contributed by atoms with van der Waals surface area (Å²) in [6.45, 7) is 0.121. The van der Waals surface area contributed by atoms with Gasteiger partial charge in [0, 0.05) is 18.1 Å². The Kier molecular flexibility index (Phi) is 5.25. The lowest BCUT2D eigenvalue weighted by atomic mass is 10.2. The van der Waals surface area contributed by atoms with Gasteiger partial charge < -0.3 is 9.90 Å². The summed E-state index contributed by atoms with van der Waals surface area (Å²) < 4.78 is 27.4. The second-order valence-corrected chi connectivity index (χ2v) is 6.12. The molecule has 2 rings (SSSR count). The number of thioether (sulfide) groups is 1. The van der Waals surface area contributed by atoms with Gasteiger partial charge in [-0.2, -0.15) is 0 Å². The summed E-state index contributed by atoms with van der Waals surface area (Å²) >= 11 is 5.96. The SMILES string of the molecule is O=C([O-])CCCN1C(=O)/C(=C\c2c(F)cccc2F)SC1=S. The van der Waals surface area contributed by atoms with E-state index in [0.717, 1.165) is 30.0 Å². The Morgan fingerprint density at radius 1 is 1.36 bits per heavy atom. The van der Waals surface area contributed by atoms with Gasteiger partial charge in [-0.15, -0.1) is 0 Å². The maximum Gasteiger partial charge on any atom is 0.266 e. The van der Waals surface area contributed by atoms with Gasteiger partial charge in [0.25, 0.3) is 5.91 Å². The van der Waals surface area contributed by atoms with Crippen molar-refractivity contribution in [1.29, 1.82) is 0 Å². The van der Waals surface area contributed by atoms with Gasteiger partial charge in [-0.25, -0.2) is 8.78 Å². The van der Waals surface area contributed by atoms with Crippen LogP contribution in [0.3, 0.4) is 0 Å². The van der Waals surface area contributed by atoms with Crippen LogP contribution in [-0.2, 0) is 9.59 Å². The molecule has 4 nitrogen and oxygen atoms in total. The molecule has 0 atom stereocenters. The lowest BCUT2D eigenvalue weighted by Gasteiger charge is -2.14. The highest BCUT2D eigenvalue weighted by molar-refractivity contribution is 8.26. The van der Waals surface area contributed by atoms with Crippen LogP contribution in [-0.4, -0.2) is 27.6 Å². The predicted octanol–water partition coefficient (Wildman–Crippen LogP) is 1.70. The average Bonchev–Trinajstić information content (AvgIpc) is 2.70. The summed E-state index contributed by atoms with van der Waals surface area (Å²) in [5, 5.41) is 10.4. The zero-order chi connectivity index (χ0) is 16.3. The largest absolute Gasteiger partial charge is 0.550 e. The van der Waals surface area contributed by atoms with Gasteiger partial charge in [0.2, 0.25) is 0 Å². The van der Waals surface area contributed by atoms with Gasteiger partial charge in [0.1, 0.15) is 16.0 Å². The summed E-state index contributed by atoms with van der Waals surface area (Å²) in [5.74, 6) is -3.25. The normalized spacial score (nSPS) is 16.6. The van der Waals surface area contributed by atoms with E-state index in [1.54, 1.807) is 0 Å². The van der Waals surface area contributed by atoms with Crippen molar-refractivity contribution in [3.63, 3.8) is 0 Å². The number of benzene rings is 1. The van der Waals surface area contributed by atoms with Crippen molar-refractivity contribution in [2.45, 2.75) is 12.8 Å². The van der Waals surface area contributed by atoms with E-state index in [4.69, 9.17) is 12.2 Å². The lowest BCUT2D eigenvalue weighted by Crippen LogP contribution is -2.30. The summed E-state index contributed by atoms with van der Waals surface area (Å²) in [6, 6.07) is 3.41. The highest BCUT2D eigenvalue weighted by Gasteiger charge is 2.31. The minimum Gasteiger partial charge on any atom is -0.550 e. The summed E-state index contributed by atoms with van der Waals surface area (Å²) in [7, 11) is 0. The summed E-state index contributed by atoms with van der Waals surface area (Å²) in [6.07, 6.45) is 1.11. The van der Waals surface area contributed by atoms with E-state index in [2.05, 4.69) is 0 Å². The molecule has 0 radical (unpaired) electrons. The molecular formula is C14H10F2NO3S2-. The number of rotatable bonds is 5. The fourth-order valence-electron chi connectivity index (χ4n) is 1.85. The number of carbonyl (C=O) groups excluding carboxylic acids is 2.